The summed E-state index contributed by atoms with van der Waals surface area (Å²) in [5.41, 5.74) is 0. The van der Waals surface area contributed by atoms with E-state index in [-0.39, 0.29) is 46.0 Å². The first-order valence-electron chi connectivity index (χ1n) is 9.96. The van der Waals surface area contributed by atoms with Crippen LogP contribution in [-0.4, -0.2) is 51.0 Å². The number of nitrogens with zero attached hydrogens (tertiary/aromatic N) is 1. The number of sulfonamides is 1. The summed E-state index contributed by atoms with van der Waals surface area (Å²) in [6, 6.07) is 11.9. The number of piperidine rings is 1. The lowest BCUT2D eigenvalue weighted by molar-refractivity contribution is -0.126. The number of ether oxygens (including phenoxy) is 2. The second-order valence-electron chi connectivity index (χ2n) is 7.47. The van der Waals surface area contributed by atoms with Gasteiger partial charge >= 0.3 is 0 Å². The molecule has 10 heteroatoms. The Hall–Kier alpha value is -2.00. The van der Waals surface area contributed by atoms with Crippen LogP contribution >= 0.6 is 23.2 Å². The van der Waals surface area contributed by atoms with Crippen LogP contribution in [0, 0.1) is 5.92 Å². The molecule has 2 heterocycles. The molecule has 166 valence electrons. The molecule has 2 aliphatic rings. The van der Waals surface area contributed by atoms with Gasteiger partial charge in [0.1, 0.15) is 17.6 Å². The van der Waals surface area contributed by atoms with Crippen molar-refractivity contribution < 1.29 is 22.7 Å². The van der Waals surface area contributed by atoms with Crippen LogP contribution in [0.2, 0.25) is 10.0 Å². The predicted octanol–water partition coefficient (Wildman–Crippen LogP) is 3.35. The highest BCUT2D eigenvalue weighted by Gasteiger charge is 2.34. The van der Waals surface area contributed by atoms with E-state index < -0.39 is 10.0 Å². The smallest absolute Gasteiger partial charge is 0.244 e. The maximum absolute atomic E-state index is 12.9. The lowest BCUT2D eigenvalue weighted by Gasteiger charge is -2.31. The Morgan fingerprint density at radius 2 is 1.77 bits per heavy atom. The fourth-order valence-corrected chi connectivity index (χ4v) is 5.91. The molecule has 31 heavy (non-hydrogen) atoms. The molecular weight excluding hydrogens is 463 g/mol. The Labute approximate surface area is 191 Å². The zero-order valence-corrected chi connectivity index (χ0v) is 18.9. The van der Waals surface area contributed by atoms with Crippen molar-refractivity contribution in [2.75, 3.05) is 26.2 Å². The minimum atomic E-state index is -3.77. The average molecular weight is 485 g/mol. The third kappa shape index (κ3) is 4.77. The van der Waals surface area contributed by atoms with E-state index >= 15 is 0 Å². The standard InChI is InChI=1S/C21H22Cl2N2O5S/c22-16-4-3-7-19(20(16)23)31(27,28)25-10-8-14(9-11-25)21(26)24-12-15-13-29-17-5-1-2-6-18(17)30-15/h1-7,14-15H,8-13H2,(H,24,26)/t15-/m1/s1. The molecule has 4 rings (SSSR count). The summed E-state index contributed by atoms with van der Waals surface area (Å²) >= 11 is 12.1. The number of rotatable bonds is 5. The maximum atomic E-state index is 12.9. The molecule has 0 spiro atoms. The van der Waals surface area contributed by atoms with Crippen molar-refractivity contribution >= 4 is 39.1 Å². The Morgan fingerprint density at radius 1 is 1.06 bits per heavy atom. The summed E-state index contributed by atoms with van der Waals surface area (Å²) in [6.45, 7) is 1.15. The molecule has 2 aliphatic heterocycles. The van der Waals surface area contributed by atoms with Crippen LogP contribution < -0.4 is 14.8 Å². The molecule has 1 fully saturated rings. The van der Waals surface area contributed by atoms with E-state index in [4.69, 9.17) is 32.7 Å². The normalized spacial score (nSPS) is 19.7. The number of benzene rings is 2. The molecule has 1 atom stereocenters. The number of amides is 1. The summed E-state index contributed by atoms with van der Waals surface area (Å²) in [5, 5.41) is 3.11. The first-order chi connectivity index (χ1) is 14.9. The van der Waals surface area contributed by atoms with Crippen LogP contribution in [0.5, 0.6) is 11.5 Å². The van der Waals surface area contributed by atoms with E-state index in [1.807, 2.05) is 24.3 Å². The second-order valence-corrected chi connectivity index (χ2v) is 10.2. The lowest BCUT2D eigenvalue weighted by Crippen LogP contribution is -2.46. The number of para-hydroxylation sites is 2. The van der Waals surface area contributed by atoms with Crippen molar-refractivity contribution in [1.82, 2.24) is 9.62 Å². The first-order valence-corrected chi connectivity index (χ1v) is 12.2. The van der Waals surface area contributed by atoms with Crippen LogP contribution in [0.4, 0.5) is 0 Å². The van der Waals surface area contributed by atoms with Gasteiger partial charge in [-0.3, -0.25) is 4.79 Å². The van der Waals surface area contributed by atoms with Crippen molar-refractivity contribution in [3.05, 3.63) is 52.5 Å². The van der Waals surface area contributed by atoms with Gasteiger partial charge in [0.25, 0.3) is 0 Å². The van der Waals surface area contributed by atoms with E-state index in [1.54, 1.807) is 12.1 Å². The van der Waals surface area contributed by atoms with Gasteiger partial charge in [-0.2, -0.15) is 4.31 Å². The molecule has 1 amide bonds. The van der Waals surface area contributed by atoms with Crippen LogP contribution in [0.3, 0.4) is 0 Å². The minimum absolute atomic E-state index is 0.0142. The molecule has 0 radical (unpaired) electrons. The Morgan fingerprint density at radius 3 is 2.52 bits per heavy atom. The highest BCUT2D eigenvalue weighted by atomic mass is 35.5. The maximum Gasteiger partial charge on any atom is 0.244 e. The number of fused-ring (bicyclic) bond motifs is 1. The topological polar surface area (TPSA) is 84.9 Å². The number of hydrogen-bond donors (Lipinski definition) is 1. The molecule has 2 aromatic carbocycles. The molecule has 0 aromatic heterocycles. The molecular formula is C21H22Cl2N2O5S. The van der Waals surface area contributed by atoms with Gasteiger partial charge in [-0.05, 0) is 37.1 Å². The molecule has 0 saturated carbocycles. The summed E-state index contributed by atoms with van der Waals surface area (Å²) < 4.78 is 38.7. The molecule has 0 aliphatic carbocycles. The number of carbonyl (C=O) groups excluding carboxylic acids is 1. The van der Waals surface area contributed by atoms with Gasteiger partial charge in [0.2, 0.25) is 15.9 Å². The number of halogens is 2. The van der Waals surface area contributed by atoms with E-state index in [2.05, 4.69) is 5.32 Å². The monoisotopic (exact) mass is 484 g/mol. The van der Waals surface area contributed by atoms with Crippen molar-refractivity contribution in [3.8, 4) is 11.5 Å². The van der Waals surface area contributed by atoms with Crippen LogP contribution in [0.1, 0.15) is 12.8 Å². The average Bonchev–Trinajstić information content (AvgIpc) is 2.79. The van der Waals surface area contributed by atoms with Gasteiger partial charge in [0.05, 0.1) is 16.6 Å². The Kier molecular flexibility index (Phi) is 6.62. The third-order valence-corrected chi connectivity index (χ3v) is 8.30. The Bertz CT molecular complexity index is 1070. The van der Waals surface area contributed by atoms with Crippen LogP contribution in [0.25, 0.3) is 0 Å². The molecule has 1 N–H and O–H groups in total. The number of carbonyl (C=O) groups is 1. The minimum Gasteiger partial charge on any atom is -0.486 e. The lowest BCUT2D eigenvalue weighted by atomic mass is 9.97. The van der Waals surface area contributed by atoms with Crippen molar-refractivity contribution in [2.45, 2.75) is 23.8 Å². The zero-order valence-electron chi connectivity index (χ0n) is 16.6. The van der Waals surface area contributed by atoms with Gasteiger partial charge in [-0.25, -0.2) is 8.42 Å². The molecule has 0 unspecified atom stereocenters. The third-order valence-electron chi connectivity index (χ3n) is 5.43. The van der Waals surface area contributed by atoms with Crippen LogP contribution in [-0.2, 0) is 14.8 Å². The van der Waals surface area contributed by atoms with Gasteiger partial charge in [-0.15, -0.1) is 0 Å². The zero-order chi connectivity index (χ0) is 22.0. The highest BCUT2D eigenvalue weighted by Crippen LogP contribution is 2.33. The van der Waals surface area contributed by atoms with Crippen molar-refractivity contribution in [1.29, 1.82) is 0 Å². The van der Waals surface area contributed by atoms with Crippen molar-refractivity contribution in [2.24, 2.45) is 5.92 Å². The van der Waals surface area contributed by atoms with Gasteiger partial charge in [-0.1, -0.05) is 41.4 Å². The summed E-state index contributed by atoms with van der Waals surface area (Å²) in [5.74, 6) is 0.975. The van der Waals surface area contributed by atoms with Crippen LogP contribution in [0.15, 0.2) is 47.4 Å². The van der Waals surface area contributed by atoms with Gasteiger partial charge in [0.15, 0.2) is 11.5 Å². The van der Waals surface area contributed by atoms with E-state index in [0.29, 0.717) is 37.5 Å². The predicted molar refractivity (Wildman–Crippen MR) is 117 cm³/mol. The fraction of sp³-hybridized carbons (Fsp3) is 0.381. The van der Waals surface area contributed by atoms with Gasteiger partial charge in [0, 0.05) is 19.0 Å². The van der Waals surface area contributed by atoms with E-state index in [9.17, 15) is 13.2 Å². The molecule has 2 aromatic rings. The van der Waals surface area contributed by atoms with Crippen molar-refractivity contribution in [3.63, 3.8) is 0 Å². The first kappa shape index (κ1) is 22.2. The summed E-state index contributed by atoms with van der Waals surface area (Å²) in [7, 11) is -3.77. The van der Waals surface area contributed by atoms with E-state index in [0.717, 1.165) is 0 Å². The highest BCUT2D eigenvalue weighted by molar-refractivity contribution is 7.89. The second kappa shape index (κ2) is 9.24. The molecule has 1 saturated heterocycles. The summed E-state index contributed by atoms with van der Waals surface area (Å²) in [4.78, 5) is 12.6. The quantitative estimate of drug-likeness (QED) is 0.703. The summed E-state index contributed by atoms with van der Waals surface area (Å²) in [6.07, 6.45) is 0.576. The molecule has 0 bridgehead atoms. The van der Waals surface area contributed by atoms with Gasteiger partial charge < -0.3 is 14.8 Å². The Balaban J connectivity index is 1.30. The molecule has 7 nitrogen and oxygen atoms in total. The number of hydrogen-bond acceptors (Lipinski definition) is 5. The SMILES string of the molecule is O=C(NC[C@@H]1COc2ccccc2O1)C1CCN(S(=O)(=O)c2cccc(Cl)c2Cl)CC1. The van der Waals surface area contributed by atoms with E-state index in [1.165, 1.54) is 10.4 Å². The number of nitrogens with one attached hydrogen (secondary N) is 1. The fourth-order valence-electron chi connectivity index (χ4n) is 3.70. The largest absolute Gasteiger partial charge is 0.486 e.